The van der Waals surface area contributed by atoms with Crippen LogP contribution in [0.5, 0.6) is 17.2 Å². The molecule has 0 fully saturated rings. The predicted octanol–water partition coefficient (Wildman–Crippen LogP) is 6.83. The van der Waals surface area contributed by atoms with Gasteiger partial charge in [0.2, 0.25) is 5.91 Å². The highest BCUT2D eigenvalue weighted by Crippen LogP contribution is 2.49. The number of methoxy groups -OCH3 is 1. The number of hydrogen-bond acceptors (Lipinski definition) is 7. The molecule has 0 aliphatic carbocycles. The van der Waals surface area contributed by atoms with Gasteiger partial charge in [0.25, 0.3) is 5.91 Å². The Labute approximate surface area is 282 Å². The number of hydrogen-bond donors (Lipinski definition) is 2. The quantitative estimate of drug-likeness (QED) is 0.179. The van der Waals surface area contributed by atoms with E-state index in [1.54, 1.807) is 29.0 Å². The van der Waals surface area contributed by atoms with E-state index < -0.39 is 26.1 Å². The predicted molar refractivity (Wildman–Crippen MR) is 186 cm³/mol. The number of rotatable bonds is 10. The van der Waals surface area contributed by atoms with Crippen molar-refractivity contribution in [1.29, 1.82) is 0 Å². The van der Waals surface area contributed by atoms with Gasteiger partial charge in [0.15, 0.2) is 14.1 Å². The van der Waals surface area contributed by atoms with Gasteiger partial charge >= 0.3 is 0 Å². The van der Waals surface area contributed by atoms with Gasteiger partial charge in [0.1, 0.15) is 17.6 Å². The standard InChI is InChI=1S/C38H42N2O7Si/c1-25-36(45-2)29-22-27(40-30-15-9-11-17-33(30)46-31-16-10-8-14-28(31)38(40)43)18-19-32(29)47-37(25)34(48(3,4)44)23-35(42)39(20-21-41)24-26-12-6-5-7-13-26/h5-19,22,25,34,36-37,41,44H,20-21,23-24H2,1-4H3/t25-,34?,36-,37-/m0/s1. The maximum absolute atomic E-state index is 14.1. The minimum Gasteiger partial charge on any atom is -0.490 e. The first-order chi connectivity index (χ1) is 23.1. The smallest absolute Gasteiger partial charge is 0.266 e. The number of anilines is 2. The van der Waals surface area contributed by atoms with Crippen molar-refractivity contribution >= 4 is 31.5 Å². The number of benzene rings is 4. The highest BCUT2D eigenvalue weighted by atomic mass is 28.4. The molecule has 2 aliphatic rings. The topological polar surface area (TPSA) is 109 Å². The zero-order valence-electron chi connectivity index (χ0n) is 27.7. The summed E-state index contributed by atoms with van der Waals surface area (Å²) in [5.74, 6) is 1.01. The molecule has 2 aliphatic heterocycles. The fourth-order valence-corrected chi connectivity index (χ4v) is 8.72. The minimum absolute atomic E-state index is 0.0693. The third-order valence-electron chi connectivity index (χ3n) is 9.35. The van der Waals surface area contributed by atoms with E-state index in [4.69, 9.17) is 14.2 Å². The average molecular weight is 667 g/mol. The normalized spacial score (nSPS) is 19.2. The van der Waals surface area contributed by atoms with Gasteiger partial charge in [-0.05, 0) is 61.1 Å². The molecule has 2 N–H and O–H groups in total. The molecule has 0 spiro atoms. The van der Waals surface area contributed by atoms with Crippen molar-refractivity contribution in [3.63, 3.8) is 0 Å². The summed E-state index contributed by atoms with van der Waals surface area (Å²) >= 11 is 0. The van der Waals surface area contributed by atoms with Gasteiger partial charge in [-0.15, -0.1) is 0 Å². The highest BCUT2D eigenvalue weighted by molar-refractivity contribution is 6.71. The lowest BCUT2D eigenvalue weighted by Crippen LogP contribution is -2.50. The maximum Gasteiger partial charge on any atom is 0.266 e. The number of carbonyl (C=O) groups is 2. The lowest BCUT2D eigenvalue weighted by molar-refractivity contribution is -0.133. The van der Waals surface area contributed by atoms with Crippen LogP contribution in [0.15, 0.2) is 97.1 Å². The average Bonchev–Trinajstić information content (AvgIpc) is 3.20. The van der Waals surface area contributed by atoms with Crippen molar-refractivity contribution in [2.45, 2.75) is 50.7 Å². The number of ether oxygens (including phenoxy) is 3. The molecule has 1 unspecified atom stereocenters. The van der Waals surface area contributed by atoms with Crippen LogP contribution in [0.3, 0.4) is 0 Å². The first-order valence-electron chi connectivity index (χ1n) is 16.3. The molecule has 4 atom stereocenters. The molecular formula is C38H42N2O7Si. The summed E-state index contributed by atoms with van der Waals surface area (Å²) in [4.78, 5) is 42.7. The third kappa shape index (κ3) is 6.61. The van der Waals surface area contributed by atoms with Gasteiger partial charge in [-0.1, -0.05) is 61.5 Å². The summed E-state index contributed by atoms with van der Waals surface area (Å²) in [7, 11) is -1.35. The highest BCUT2D eigenvalue weighted by Gasteiger charge is 2.47. The van der Waals surface area contributed by atoms with E-state index in [2.05, 4.69) is 0 Å². The summed E-state index contributed by atoms with van der Waals surface area (Å²) in [6, 6.07) is 29.9. The Morgan fingerprint density at radius 1 is 0.958 bits per heavy atom. The van der Waals surface area contributed by atoms with E-state index in [1.807, 2.05) is 105 Å². The number of para-hydroxylation sites is 3. The number of carbonyl (C=O) groups excluding carboxylic acids is 2. The second-order valence-corrected chi connectivity index (χ2v) is 17.1. The number of fused-ring (bicyclic) bond motifs is 3. The van der Waals surface area contributed by atoms with E-state index in [0.717, 1.165) is 11.1 Å². The second-order valence-electron chi connectivity index (χ2n) is 13.0. The van der Waals surface area contributed by atoms with Gasteiger partial charge in [-0.25, -0.2) is 0 Å². The van der Waals surface area contributed by atoms with Gasteiger partial charge in [-0.2, -0.15) is 0 Å². The largest absolute Gasteiger partial charge is 0.490 e. The van der Waals surface area contributed by atoms with Crippen LogP contribution in [0.25, 0.3) is 0 Å². The van der Waals surface area contributed by atoms with E-state index in [9.17, 15) is 19.5 Å². The summed E-state index contributed by atoms with van der Waals surface area (Å²) in [5, 5.41) is 9.77. The van der Waals surface area contributed by atoms with Crippen molar-refractivity contribution in [3.05, 3.63) is 114 Å². The van der Waals surface area contributed by atoms with Crippen LogP contribution in [-0.2, 0) is 16.1 Å². The Balaban J connectivity index is 1.33. The van der Waals surface area contributed by atoms with Crippen molar-refractivity contribution in [2.75, 3.05) is 25.2 Å². The molecule has 4 aromatic rings. The van der Waals surface area contributed by atoms with Crippen LogP contribution in [-0.4, -0.2) is 61.3 Å². The Morgan fingerprint density at radius 3 is 2.35 bits per heavy atom. The molecule has 6 rings (SSSR count). The van der Waals surface area contributed by atoms with E-state index in [1.165, 1.54) is 0 Å². The van der Waals surface area contributed by atoms with Gasteiger partial charge in [-0.3, -0.25) is 14.5 Å². The summed E-state index contributed by atoms with van der Waals surface area (Å²) in [6.45, 7) is 6.06. The number of aliphatic hydroxyl groups excluding tert-OH is 1. The monoisotopic (exact) mass is 666 g/mol. The van der Waals surface area contributed by atoms with Crippen LogP contribution in [0.4, 0.5) is 11.4 Å². The Hall–Kier alpha value is -4.48. The lowest BCUT2D eigenvalue weighted by Gasteiger charge is -2.44. The molecule has 2 amide bonds. The maximum atomic E-state index is 14.1. The van der Waals surface area contributed by atoms with Gasteiger partial charge in [0, 0.05) is 43.6 Å². The molecule has 2 heterocycles. The number of amides is 2. The number of nitrogens with zero attached hydrogens (tertiary/aromatic N) is 2. The van der Waals surface area contributed by atoms with Crippen molar-refractivity contribution in [2.24, 2.45) is 5.92 Å². The van der Waals surface area contributed by atoms with Crippen LogP contribution in [0, 0.1) is 5.92 Å². The molecule has 0 bridgehead atoms. The van der Waals surface area contributed by atoms with Crippen molar-refractivity contribution in [3.8, 4) is 17.2 Å². The molecule has 0 aromatic heterocycles. The van der Waals surface area contributed by atoms with Gasteiger partial charge < -0.3 is 29.0 Å². The van der Waals surface area contributed by atoms with Crippen LogP contribution < -0.4 is 14.4 Å². The Bertz CT molecular complexity index is 1780. The first-order valence-corrected chi connectivity index (χ1v) is 19.3. The molecule has 4 aromatic carbocycles. The zero-order chi connectivity index (χ0) is 34.0. The van der Waals surface area contributed by atoms with E-state index in [0.29, 0.717) is 40.7 Å². The fourth-order valence-electron chi connectivity index (χ4n) is 6.87. The summed E-state index contributed by atoms with van der Waals surface area (Å²) in [6.07, 6.45) is -0.885. The molecule has 0 radical (unpaired) electrons. The summed E-state index contributed by atoms with van der Waals surface area (Å²) < 4.78 is 19.0. The molecule has 250 valence electrons. The number of aliphatic hydroxyl groups is 1. The Morgan fingerprint density at radius 2 is 1.65 bits per heavy atom. The third-order valence-corrected chi connectivity index (χ3v) is 11.7. The second kappa shape index (κ2) is 13.9. The molecular weight excluding hydrogens is 625 g/mol. The van der Waals surface area contributed by atoms with Gasteiger partial charge in [0.05, 0.1) is 29.6 Å². The Kier molecular flexibility index (Phi) is 9.70. The van der Waals surface area contributed by atoms with Crippen LogP contribution in [0.1, 0.15) is 40.9 Å². The van der Waals surface area contributed by atoms with E-state index >= 15 is 0 Å². The van der Waals surface area contributed by atoms with E-state index in [-0.39, 0.29) is 37.3 Å². The van der Waals surface area contributed by atoms with Crippen LogP contribution >= 0.6 is 0 Å². The van der Waals surface area contributed by atoms with Crippen LogP contribution in [0.2, 0.25) is 18.6 Å². The SMILES string of the molecule is CO[C@@H]1c2cc(N3C(=O)c4ccccc4Oc4ccccc43)ccc2O[C@H](C(CC(=O)N(CCO)Cc2ccccc2)[Si](C)(C)O)[C@H]1C. The minimum atomic E-state index is -2.99. The summed E-state index contributed by atoms with van der Waals surface area (Å²) in [5.41, 5.74) is 2.97. The first kappa shape index (κ1) is 33.4. The molecule has 48 heavy (non-hydrogen) atoms. The lowest BCUT2D eigenvalue weighted by atomic mass is 9.86. The molecule has 0 saturated carbocycles. The molecule has 10 heteroatoms. The van der Waals surface area contributed by atoms with Crippen molar-refractivity contribution < 1.29 is 33.7 Å². The van der Waals surface area contributed by atoms with Crippen molar-refractivity contribution in [1.82, 2.24) is 4.90 Å². The zero-order valence-corrected chi connectivity index (χ0v) is 28.7. The fraction of sp³-hybridized carbons (Fsp3) is 0.316. The molecule has 0 saturated heterocycles. The molecule has 9 nitrogen and oxygen atoms in total.